The molecule has 0 atom stereocenters. The highest BCUT2D eigenvalue weighted by atomic mass is 28.3. The van der Waals surface area contributed by atoms with Crippen LogP contribution in [0.3, 0.4) is 0 Å². The number of furan rings is 1. The fourth-order valence-electron chi connectivity index (χ4n) is 3.82. The van der Waals surface area contributed by atoms with Gasteiger partial charge >= 0.3 is 0 Å². The molecule has 3 aromatic heterocycles. The lowest BCUT2D eigenvalue weighted by atomic mass is 9.88. The third kappa shape index (κ3) is 3.49. The van der Waals surface area contributed by atoms with E-state index < -0.39 is 8.07 Å². The fourth-order valence-corrected chi connectivity index (χ4v) is 5.27. The van der Waals surface area contributed by atoms with Crippen molar-refractivity contribution in [2.24, 2.45) is 5.41 Å². The average molecular weight is 389 g/mol. The molecule has 0 aliphatic heterocycles. The normalized spacial score (nSPS) is 12.8. The van der Waals surface area contributed by atoms with Crippen LogP contribution < -0.4 is 5.32 Å². The lowest BCUT2D eigenvalue weighted by Crippen LogP contribution is -2.40. The largest absolute Gasteiger partial charge is 0.455 e. The van der Waals surface area contributed by atoms with Gasteiger partial charge in [-0.15, -0.1) is 0 Å². The van der Waals surface area contributed by atoms with Gasteiger partial charge in [-0.1, -0.05) is 58.6 Å². The molecule has 4 aromatic rings. The lowest BCUT2D eigenvalue weighted by Gasteiger charge is -2.19. The zero-order chi connectivity index (χ0) is 20.1. The van der Waals surface area contributed by atoms with Gasteiger partial charge in [-0.05, 0) is 35.6 Å². The Morgan fingerprint density at radius 1 is 1.00 bits per heavy atom. The number of benzene rings is 1. The summed E-state index contributed by atoms with van der Waals surface area (Å²) in [5.41, 5.74) is 5.25. The molecule has 1 aromatic carbocycles. The maximum Gasteiger partial charge on any atom is 0.147 e. The molecular weight excluding hydrogens is 360 g/mol. The van der Waals surface area contributed by atoms with E-state index in [4.69, 9.17) is 9.40 Å². The number of nitrogens with zero attached hydrogens (tertiary/aromatic N) is 2. The SMILES string of the molecule is CC(C)(C)Cc1ccnc(-c2cnc([Si](C)(C)C)c3c2oc2ccccc23)c1. The Morgan fingerprint density at radius 3 is 2.46 bits per heavy atom. The highest BCUT2D eigenvalue weighted by molar-refractivity contribution is 6.90. The molecule has 4 heteroatoms. The van der Waals surface area contributed by atoms with E-state index in [1.54, 1.807) is 0 Å². The molecule has 0 radical (unpaired) electrons. The second-order valence-electron chi connectivity index (χ2n) is 9.86. The summed E-state index contributed by atoms with van der Waals surface area (Å²) in [4.78, 5) is 9.61. The first-order valence-corrected chi connectivity index (χ1v) is 13.4. The first-order valence-electron chi connectivity index (χ1n) is 9.89. The van der Waals surface area contributed by atoms with Gasteiger partial charge in [0, 0.05) is 28.5 Å². The number of hydrogen-bond donors (Lipinski definition) is 0. The molecule has 0 saturated carbocycles. The maximum absolute atomic E-state index is 6.36. The van der Waals surface area contributed by atoms with Gasteiger partial charge < -0.3 is 4.42 Å². The van der Waals surface area contributed by atoms with Gasteiger partial charge in [0.25, 0.3) is 0 Å². The van der Waals surface area contributed by atoms with Crippen molar-refractivity contribution in [2.45, 2.75) is 46.8 Å². The summed E-state index contributed by atoms with van der Waals surface area (Å²) in [5.74, 6) is 0. The first-order chi connectivity index (χ1) is 13.1. The van der Waals surface area contributed by atoms with Gasteiger partial charge in [-0.3, -0.25) is 9.97 Å². The van der Waals surface area contributed by atoms with Crippen LogP contribution in [0.1, 0.15) is 26.3 Å². The van der Waals surface area contributed by atoms with E-state index in [2.05, 4.69) is 69.7 Å². The van der Waals surface area contributed by atoms with Crippen LogP contribution in [0.25, 0.3) is 33.2 Å². The van der Waals surface area contributed by atoms with Crippen molar-refractivity contribution in [1.29, 1.82) is 0 Å². The molecule has 144 valence electrons. The first kappa shape index (κ1) is 18.9. The minimum Gasteiger partial charge on any atom is -0.455 e. The molecule has 0 bridgehead atoms. The van der Waals surface area contributed by atoms with Crippen molar-refractivity contribution in [1.82, 2.24) is 9.97 Å². The molecule has 3 nitrogen and oxygen atoms in total. The van der Waals surface area contributed by atoms with E-state index in [1.165, 1.54) is 10.9 Å². The Bertz CT molecular complexity index is 1160. The quantitative estimate of drug-likeness (QED) is 0.394. The number of hydrogen-bond acceptors (Lipinski definition) is 3. The summed E-state index contributed by atoms with van der Waals surface area (Å²) in [6, 6.07) is 12.6. The third-order valence-corrected chi connectivity index (χ3v) is 6.74. The summed E-state index contributed by atoms with van der Waals surface area (Å²) < 4.78 is 6.36. The molecule has 3 heterocycles. The third-order valence-electron chi connectivity index (χ3n) is 4.94. The van der Waals surface area contributed by atoms with Crippen LogP contribution >= 0.6 is 0 Å². The predicted molar refractivity (Wildman–Crippen MR) is 121 cm³/mol. The van der Waals surface area contributed by atoms with E-state index >= 15 is 0 Å². The topological polar surface area (TPSA) is 38.9 Å². The molecule has 0 fully saturated rings. The molecule has 0 aliphatic carbocycles. The highest BCUT2D eigenvalue weighted by Gasteiger charge is 2.26. The summed E-state index contributed by atoms with van der Waals surface area (Å²) in [5, 5.41) is 3.51. The molecule has 0 aliphatic rings. The molecule has 0 saturated heterocycles. The standard InChI is InChI=1S/C24H28N2OSi/c1-24(2,3)14-16-11-12-25-19(13-16)18-15-26-23(28(4,5)6)21-17-9-7-8-10-20(17)27-22(18)21/h7-13,15H,14H2,1-6H3. The van der Waals surface area contributed by atoms with Gasteiger partial charge in [0.1, 0.15) is 19.2 Å². The molecule has 28 heavy (non-hydrogen) atoms. The molecule has 0 amide bonds. The Hall–Kier alpha value is -2.46. The van der Waals surface area contributed by atoms with Crippen LogP contribution in [-0.2, 0) is 6.42 Å². The number of rotatable bonds is 3. The molecule has 0 unspecified atom stereocenters. The lowest BCUT2D eigenvalue weighted by molar-refractivity contribution is 0.411. The monoisotopic (exact) mass is 388 g/mol. The van der Waals surface area contributed by atoms with Gasteiger partial charge in [-0.25, -0.2) is 0 Å². The number of fused-ring (bicyclic) bond motifs is 3. The van der Waals surface area contributed by atoms with Crippen molar-refractivity contribution >= 4 is 35.3 Å². The fraction of sp³-hybridized carbons (Fsp3) is 0.333. The smallest absolute Gasteiger partial charge is 0.147 e. The van der Waals surface area contributed by atoms with Gasteiger partial charge in [0.05, 0.1) is 11.3 Å². The summed E-state index contributed by atoms with van der Waals surface area (Å²) in [7, 11) is -1.64. The van der Waals surface area contributed by atoms with Crippen LogP contribution in [0.2, 0.25) is 19.6 Å². The number of pyridine rings is 2. The van der Waals surface area contributed by atoms with E-state index in [9.17, 15) is 0 Å². The minimum atomic E-state index is -1.64. The Balaban J connectivity index is 1.98. The van der Waals surface area contributed by atoms with Crippen molar-refractivity contribution in [2.75, 3.05) is 0 Å². The zero-order valence-electron chi connectivity index (χ0n) is 17.6. The average Bonchev–Trinajstić information content (AvgIpc) is 2.98. The Kier molecular flexibility index (Phi) is 4.42. The summed E-state index contributed by atoms with van der Waals surface area (Å²) >= 11 is 0. The second-order valence-corrected chi connectivity index (χ2v) is 14.8. The second kappa shape index (κ2) is 6.56. The van der Waals surface area contributed by atoms with Gasteiger partial charge in [0.2, 0.25) is 0 Å². The van der Waals surface area contributed by atoms with Gasteiger partial charge in [0.15, 0.2) is 0 Å². The number of para-hydroxylation sites is 1. The van der Waals surface area contributed by atoms with E-state index in [0.717, 1.165) is 39.6 Å². The molecular formula is C24H28N2OSi. The van der Waals surface area contributed by atoms with E-state index in [1.807, 2.05) is 24.5 Å². The Labute approximate surface area is 167 Å². The Morgan fingerprint density at radius 2 is 1.75 bits per heavy atom. The maximum atomic E-state index is 6.36. The summed E-state index contributed by atoms with van der Waals surface area (Å²) in [6.45, 7) is 13.8. The van der Waals surface area contributed by atoms with Crippen LogP contribution in [-0.4, -0.2) is 18.0 Å². The van der Waals surface area contributed by atoms with Crippen molar-refractivity contribution < 1.29 is 4.42 Å². The van der Waals surface area contributed by atoms with E-state index in [-0.39, 0.29) is 5.41 Å². The van der Waals surface area contributed by atoms with Gasteiger partial charge in [-0.2, -0.15) is 0 Å². The van der Waals surface area contributed by atoms with Crippen molar-refractivity contribution in [3.05, 3.63) is 54.4 Å². The summed E-state index contributed by atoms with van der Waals surface area (Å²) in [6.07, 6.45) is 4.87. The van der Waals surface area contributed by atoms with Crippen LogP contribution in [0, 0.1) is 5.41 Å². The number of aromatic nitrogens is 2. The van der Waals surface area contributed by atoms with Crippen LogP contribution in [0.5, 0.6) is 0 Å². The van der Waals surface area contributed by atoms with Crippen molar-refractivity contribution in [3.63, 3.8) is 0 Å². The highest BCUT2D eigenvalue weighted by Crippen LogP contribution is 2.35. The van der Waals surface area contributed by atoms with Crippen molar-refractivity contribution in [3.8, 4) is 11.3 Å². The predicted octanol–water partition coefficient (Wildman–Crippen LogP) is 6.18. The minimum absolute atomic E-state index is 0.229. The van der Waals surface area contributed by atoms with Crippen LogP contribution in [0.15, 0.2) is 53.2 Å². The molecule has 0 spiro atoms. The van der Waals surface area contributed by atoms with E-state index in [0.29, 0.717) is 0 Å². The molecule has 0 N–H and O–H groups in total. The molecule has 4 rings (SSSR count). The zero-order valence-corrected chi connectivity index (χ0v) is 18.6. The van der Waals surface area contributed by atoms with Crippen LogP contribution in [0.4, 0.5) is 0 Å².